The molecule has 0 aromatic heterocycles. The van der Waals surface area contributed by atoms with Crippen molar-refractivity contribution in [3.05, 3.63) is 33.8 Å². The van der Waals surface area contributed by atoms with Crippen LogP contribution in [0, 0.1) is 6.92 Å². The zero-order chi connectivity index (χ0) is 12.3. The van der Waals surface area contributed by atoms with Crippen molar-refractivity contribution in [3.8, 4) is 0 Å². The molecule has 0 unspecified atom stereocenters. The summed E-state index contributed by atoms with van der Waals surface area (Å²) in [6, 6.07) is 5.91. The molecule has 1 amide bonds. The fourth-order valence-electron chi connectivity index (χ4n) is 2.32. The highest BCUT2D eigenvalue weighted by atomic mass is 79.9. The van der Waals surface area contributed by atoms with Crippen LogP contribution in [0.3, 0.4) is 0 Å². The van der Waals surface area contributed by atoms with Crippen molar-refractivity contribution in [2.24, 2.45) is 0 Å². The van der Waals surface area contributed by atoms with Gasteiger partial charge in [-0.05, 0) is 43.5 Å². The minimum absolute atomic E-state index is 0.177. The Hall–Kier alpha value is -0.830. The van der Waals surface area contributed by atoms with E-state index in [0.29, 0.717) is 0 Å². The van der Waals surface area contributed by atoms with Gasteiger partial charge in [-0.1, -0.05) is 28.8 Å². The van der Waals surface area contributed by atoms with Crippen molar-refractivity contribution in [3.63, 3.8) is 0 Å². The van der Waals surface area contributed by atoms with Gasteiger partial charge in [0.1, 0.15) is 0 Å². The molecule has 1 saturated heterocycles. The van der Waals surface area contributed by atoms with Crippen LogP contribution < -0.4 is 0 Å². The Balaban J connectivity index is 2.17. The third kappa shape index (κ3) is 3.32. The minimum atomic E-state index is 0.177. The number of halogens is 1. The quantitative estimate of drug-likeness (QED) is 0.772. The lowest BCUT2D eigenvalue weighted by atomic mass is 10.1. The standard InChI is InChI=1S/C14H18BrNO/c1-11-8-12(10-13(15)9-11)14(17)16-6-4-2-3-5-7-16/h8-10H,2-7H2,1H3. The molecule has 0 bridgehead atoms. The molecular formula is C14H18BrNO. The van der Waals surface area contributed by atoms with Crippen molar-refractivity contribution >= 4 is 21.8 Å². The van der Waals surface area contributed by atoms with Crippen LogP contribution >= 0.6 is 15.9 Å². The first-order chi connectivity index (χ1) is 8.16. The summed E-state index contributed by atoms with van der Waals surface area (Å²) in [4.78, 5) is 14.4. The Labute approximate surface area is 111 Å². The van der Waals surface area contributed by atoms with Crippen molar-refractivity contribution in [1.82, 2.24) is 4.90 Å². The summed E-state index contributed by atoms with van der Waals surface area (Å²) in [5, 5.41) is 0. The van der Waals surface area contributed by atoms with E-state index < -0.39 is 0 Å². The van der Waals surface area contributed by atoms with Crippen LogP contribution in [0.15, 0.2) is 22.7 Å². The number of nitrogens with zero attached hydrogens (tertiary/aromatic N) is 1. The van der Waals surface area contributed by atoms with E-state index in [4.69, 9.17) is 0 Å². The molecular weight excluding hydrogens is 278 g/mol. The number of hydrogen-bond acceptors (Lipinski definition) is 1. The lowest BCUT2D eigenvalue weighted by molar-refractivity contribution is 0.0761. The first-order valence-corrected chi connectivity index (χ1v) is 7.02. The van der Waals surface area contributed by atoms with E-state index in [1.807, 2.05) is 30.0 Å². The maximum absolute atomic E-state index is 12.4. The molecule has 1 fully saturated rings. The second-order valence-corrected chi connectivity index (χ2v) is 5.64. The van der Waals surface area contributed by atoms with Gasteiger partial charge in [-0.15, -0.1) is 0 Å². The molecule has 0 spiro atoms. The number of rotatable bonds is 1. The average molecular weight is 296 g/mol. The number of carbonyl (C=O) groups excluding carboxylic acids is 1. The molecule has 1 aromatic rings. The van der Waals surface area contributed by atoms with E-state index in [9.17, 15) is 4.79 Å². The fraction of sp³-hybridized carbons (Fsp3) is 0.500. The number of aryl methyl sites for hydroxylation is 1. The first kappa shape index (κ1) is 12.6. The van der Waals surface area contributed by atoms with Crippen molar-refractivity contribution in [2.45, 2.75) is 32.6 Å². The van der Waals surface area contributed by atoms with Crippen LogP contribution in [0.25, 0.3) is 0 Å². The van der Waals surface area contributed by atoms with Crippen LogP contribution in [0.1, 0.15) is 41.6 Å². The van der Waals surface area contributed by atoms with Gasteiger partial charge in [0, 0.05) is 23.1 Å². The van der Waals surface area contributed by atoms with Crippen molar-refractivity contribution < 1.29 is 4.79 Å². The van der Waals surface area contributed by atoms with Crippen molar-refractivity contribution in [1.29, 1.82) is 0 Å². The van der Waals surface area contributed by atoms with Gasteiger partial charge in [-0.2, -0.15) is 0 Å². The highest BCUT2D eigenvalue weighted by molar-refractivity contribution is 9.10. The molecule has 0 N–H and O–H groups in total. The Morgan fingerprint density at radius 3 is 2.35 bits per heavy atom. The number of benzene rings is 1. The van der Waals surface area contributed by atoms with Crippen LogP contribution in [0.2, 0.25) is 0 Å². The molecule has 0 atom stereocenters. The summed E-state index contributed by atoms with van der Waals surface area (Å²) in [5.74, 6) is 0.177. The molecule has 1 aliphatic heterocycles. The third-order valence-corrected chi connectivity index (χ3v) is 3.64. The number of hydrogen-bond donors (Lipinski definition) is 0. The molecule has 2 rings (SSSR count). The van der Waals surface area contributed by atoms with Gasteiger partial charge < -0.3 is 4.90 Å². The van der Waals surface area contributed by atoms with E-state index in [2.05, 4.69) is 15.9 Å². The predicted octanol–water partition coefficient (Wildman–Crippen LogP) is 3.77. The van der Waals surface area contributed by atoms with Gasteiger partial charge >= 0.3 is 0 Å². The maximum atomic E-state index is 12.4. The fourth-order valence-corrected chi connectivity index (χ4v) is 2.92. The Morgan fingerprint density at radius 2 is 1.76 bits per heavy atom. The van der Waals surface area contributed by atoms with Gasteiger partial charge in [0.25, 0.3) is 5.91 Å². The smallest absolute Gasteiger partial charge is 0.253 e. The summed E-state index contributed by atoms with van der Waals surface area (Å²) in [6.07, 6.45) is 4.78. The summed E-state index contributed by atoms with van der Waals surface area (Å²) in [7, 11) is 0. The predicted molar refractivity (Wildman–Crippen MR) is 73.3 cm³/mol. The highest BCUT2D eigenvalue weighted by Crippen LogP contribution is 2.18. The number of likely N-dealkylation sites (tertiary alicyclic amines) is 1. The zero-order valence-electron chi connectivity index (χ0n) is 10.2. The van der Waals surface area contributed by atoms with E-state index >= 15 is 0 Å². The van der Waals surface area contributed by atoms with Crippen LogP contribution in [-0.4, -0.2) is 23.9 Å². The van der Waals surface area contributed by atoms with Gasteiger partial charge in [0.2, 0.25) is 0 Å². The van der Waals surface area contributed by atoms with E-state index in [1.54, 1.807) is 0 Å². The van der Waals surface area contributed by atoms with Crippen LogP contribution in [-0.2, 0) is 0 Å². The lowest BCUT2D eigenvalue weighted by Gasteiger charge is -2.20. The molecule has 3 heteroatoms. The average Bonchev–Trinajstić information content (AvgIpc) is 2.55. The summed E-state index contributed by atoms with van der Waals surface area (Å²) < 4.78 is 0.982. The lowest BCUT2D eigenvalue weighted by Crippen LogP contribution is -2.31. The summed E-state index contributed by atoms with van der Waals surface area (Å²) in [5.41, 5.74) is 1.93. The maximum Gasteiger partial charge on any atom is 0.253 e. The number of carbonyl (C=O) groups is 1. The minimum Gasteiger partial charge on any atom is -0.339 e. The van der Waals surface area contributed by atoms with Gasteiger partial charge in [0.15, 0.2) is 0 Å². The van der Waals surface area contributed by atoms with Gasteiger partial charge in [-0.25, -0.2) is 0 Å². The van der Waals surface area contributed by atoms with Crippen LogP contribution in [0.4, 0.5) is 0 Å². The molecule has 0 radical (unpaired) electrons. The number of amides is 1. The molecule has 0 aliphatic carbocycles. The van der Waals surface area contributed by atoms with Crippen molar-refractivity contribution in [2.75, 3.05) is 13.1 Å². The molecule has 2 nitrogen and oxygen atoms in total. The summed E-state index contributed by atoms with van der Waals surface area (Å²) in [6.45, 7) is 3.83. The normalized spacial score (nSPS) is 16.7. The Morgan fingerprint density at radius 1 is 1.12 bits per heavy atom. The summed E-state index contributed by atoms with van der Waals surface area (Å²) >= 11 is 3.45. The monoisotopic (exact) mass is 295 g/mol. The molecule has 0 saturated carbocycles. The molecule has 17 heavy (non-hydrogen) atoms. The Kier molecular flexibility index (Phi) is 4.21. The van der Waals surface area contributed by atoms with Gasteiger partial charge in [0.05, 0.1) is 0 Å². The van der Waals surface area contributed by atoms with Gasteiger partial charge in [-0.3, -0.25) is 4.79 Å². The zero-order valence-corrected chi connectivity index (χ0v) is 11.8. The largest absolute Gasteiger partial charge is 0.339 e. The SMILES string of the molecule is Cc1cc(Br)cc(C(=O)N2CCCCCC2)c1. The molecule has 1 heterocycles. The Bertz CT molecular complexity index is 388. The second kappa shape index (κ2) is 5.67. The third-order valence-electron chi connectivity index (χ3n) is 3.18. The second-order valence-electron chi connectivity index (χ2n) is 4.72. The topological polar surface area (TPSA) is 20.3 Å². The van der Waals surface area contributed by atoms with E-state index in [-0.39, 0.29) is 5.91 Å². The first-order valence-electron chi connectivity index (χ1n) is 6.23. The molecule has 1 aromatic carbocycles. The highest BCUT2D eigenvalue weighted by Gasteiger charge is 2.17. The van der Waals surface area contributed by atoms with E-state index in [0.717, 1.165) is 41.5 Å². The molecule has 92 valence electrons. The van der Waals surface area contributed by atoms with E-state index in [1.165, 1.54) is 12.8 Å². The van der Waals surface area contributed by atoms with Crippen LogP contribution in [0.5, 0.6) is 0 Å². The molecule has 1 aliphatic rings.